The molecule has 0 aliphatic carbocycles. The van der Waals surface area contributed by atoms with Crippen molar-refractivity contribution in [1.29, 1.82) is 0 Å². The number of fused-ring (bicyclic) bond motifs is 1. The van der Waals surface area contributed by atoms with E-state index in [4.69, 9.17) is 4.42 Å². The lowest BCUT2D eigenvalue weighted by molar-refractivity contribution is 0.0595. The molecule has 1 amide bonds. The number of rotatable bonds is 3. The van der Waals surface area contributed by atoms with E-state index in [0.29, 0.717) is 4.31 Å². The van der Waals surface area contributed by atoms with Crippen molar-refractivity contribution in [3.8, 4) is 0 Å². The lowest BCUT2D eigenvalue weighted by atomic mass is 10.2. The van der Waals surface area contributed by atoms with Crippen LogP contribution >= 0.6 is 0 Å². The van der Waals surface area contributed by atoms with Crippen LogP contribution in [0.2, 0.25) is 0 Å². The van der Waals surface area contributed by atoms with E-state index in [1.54, 1.807) is 12.1 Å². The smallest absolute Gasteiger partial charge is 0.341 e. The summed E-state index contributed by atoms with van der Waals surface area (Å²) in [6.45, 7) is -0.368. The van der Waals surface area contributed by atoms with Gasteiger partial charge < -0.3 is 9.15 Å². The van der Waals surface area contributed by atoms with E-state index in [1.807, 2.05) is 0 Å². The molecule has 1 aromatic carbocycles. The van der Waals surface area contributed by atoms with Gasteiger partial charge >= 0.3 is 5.97 Å². The maximum atomic E-state index is 12.4. The van der Waals surface area contributed by atoms with Gasteiger partial charge in [-0.3, -0.25) is 4.79 Å². The van der Waals surface area contributed by atoms with Gasteiger partial charge in [0.1, 0.15) is 16.2 Å². The predicted octanol–water partition coefficient (Wildman–Crippen LogP) is 1.41. The molecule has 22 heavy (non-hydrogen) atoms. The Bertz CT molecular complexity index is 867. The Morgan fingerprint density at radius 1 is 1.27 bits per heavy atom. The van der Waals surface area contributed by atoms with Crippen LogP contribution in [-0.2, 0) is 21.3 Å². The van der Waals surface area contributed by atoms with Gasteiger partial charge in [0.25, 0.3) is 15.9 Å². The second-order valence-electron chi connectivity index (χ2n) is 4.56. The van der Waals surface area contributed by atoms with E-state index in [1.165, 1.54) is 31.6 Å². The fraction of sp³-hybridized carbons (Fsp3) is 0.143. The molecule has 0 N–H and O–H groups in total. The molecule has 0 fully saturated rings. The van der Waals surface area contributed by atoms with E-state index in [2.05, 4.69) is 4.74 Å². The SMILES string of the molecule is COC(=O)c1ccoc1CN1C(=O)c2ccccc2S1(=O)=O. The number of carbonyl (C=O) groups excluding carboxylic acids is 2. The van der Waals surface area contributed by atoms with Gasteiger partial charge in [-0.05, 0) is 18.2 Å². The third kappa shape index (κ3) is 2.00. The maximum absolute atomic E-state index is 12.4. The zero-order valence-corrected chi connectivity index (χ0v) is 12.3. The summed E-state index contributed by atoms with van der Waals surface area (Å²) in [5.74, 6) is -1.26. The van der Waals surface area contributed by atoms with Crippen LogP contribution in [0, 0.1) is 0 Å². The van der Waals surface area contributed by atoms with Gasteiger partial charge in [-0.1, -0.05) is 12.1 Å². The quantitative estimate of drug-likeness (QED) is 0.793. The number of amides is 1. The highest BCUT2D eigenvalue weighted by atomic mass is 32.2. The lowest BCUT2D eigenvalue weighted by Crippen LogP contribution is -2.29. The van der Waals surface area contributed by atoms with Crippen molar-refractivity contribution in [2.45, 2.75) is 11.4 Å². The summed E-state index contributed by atoms with van der Waals surface area (Å²) in [4.78, 5) is 23.8. The first-order valence-electron chi connectivity index (χ1n) is 6.27. The summed E-state index contributed by atoms with van der Waals surface area (Å²) in [7, 11) is -2.75. The topological polar surface area (TPSA) is 93.9 Å². The van der Waals surface area contributed by atoms with Crippen LogP contribution in [0.1, 0.15) is 26.5 Å². The average molecular weight is 321 g/mol. The van der Waals surface area contributed by atoms with Crippen LogP contribution in [0.25, 0.3) is 0 Å². The average Bonchev–Trinajstić information content (AvgIpc) is 3.05. The van der Waals surface area contributed by atoms with Crippen LogP contribution in [0.4, 0.5) is 0 Å². The van der Waals surface area contributed by atoms with Gasteiger partial charge in [0.15, 0.2) is 0 Å². The number of sulfonamides is 1. The van der Waals surface area contributed by atoms with Crippen molar-refractivity contribution in [2.24, 2.45) is 0 Å². The van der Waals surface area contributed by atoms with E-state index in [0.717, 1.165) is 0 Å². The monoisotopic (exact) mass is 321 g/mol. The first-order chi connectivity index (χ1) is 10.5. The molecule has 114 valence electrons. The second kappa shape index (κ2) is 4.99. The minimum atomic E-state index is -3.95. The van der Waals surface area contributed by atoms with Gasteiger partial charge in [0.2, 0.25) is 0 Å². The molecule has 2 heterocycles. The highest BCUT2D eigenvalue weighted by Gasteiger charge is 2.41. The van der Waals surface area contributed by atoms with E-state index < -0.39 is 21.9 Å². The molecule has 0 radical (unpaired) electrons. The molecule has 0 saturated heterocycles. The number of benzene rings is 1. The van der Waals surface area contributed by atoms with Gasteiger partial charge in [0.05, 0.1) is 25.5 Å². The highest BCUT2D eigenvalue weighted by molar-refractivity contribution is 7.90. The molecule has 1 aromatic heterocycles. The van der Waals surface area contributed by atoms with E-state index in [-0.39, 0.29) is 28.3 Å². The normalized spacial score (nSPS) is 15.7. The molecule has 0 bridgehead atoms. The van der Waals surface area contributed by atoms with Crippen molar-refractivity contribution >= 4 is 21.9 Å². The van der Waals surface area contributed by atoms with Crippen LogP contribution in [0.5, 0.6) is 0 Å². The van der Waals surface area contributed by atoms with E-state index in [9.17, 15) is 18.0 Å². The van der Waals surface area contributed by atoms with Crippen LogP contribution < -0.4 is 0 Å². The third-order valence-electron chi connectivity index (χ3n) is 3.35. The molecule has 0 atom stereocenters. The van der Waals surface area contributed by atoms with E-state index >= 15 is 0 Å². The minimum absolute atomic E-state index is 0.0498. The summed E-state index contributed by atoms with van der Waals surface area (Å²) >= 11 is 0. The molecule has 1 aliphatic heterocycles. The number of methoxy groups -OCH3 is 1. The standard InChI is InChI=1S/C14H11NO6S/c1-20-14(17)9-6-7-21-11(9)8-15-13(16)10-4-2-3-5-12(10)22(15,18)19/h2-7H,8H2,1H3. The zero-order chi connectivity index (χ0) is 15.9. The lowest BCUT2D eigenvalue weighted by Gasteiger charge is -2.14. The molecule has 2 aromatic rings. The summed E-state index contributed by atoms with van der Waals surface area (Å²) in [6.07, 6.45) is 1.24. The molecular weight excluding hydrogens is 310 g/mol. The fourth-order valence-electron chi connectivity index (χ4n) is 2.27. The summed E-state index contributed by atoms with van der Waals surface area (Å²) in [5, 5.41) is 0. The van der Waals surface area contributed by atoms with Gasteiger partial charge in [-0.15, -0.1) is 0 Å². The Kier molecular flexibility index (Phi) is 3.25. The van der Waals surface area contributed by atoms with Gasteiger partial charge in [0, 0.05) is 0 Å². The largest absolute Gasteiger partial charge is 0.466 e. The van der Waals surface area contributed by atoms with Gasteiger partial charge in [-0.25, -0.2) is 17.5 Å². The minimum Gasteiger partial charge on any atom is -0.466 e. The predicted molar refractivity (Wildman–Crippen MR) is 73.5 cm³/mol. The summed E-state index contributed by atoms with van der Waals surface area (Å²) in [6, 6.07) is 7.30. The number of furan rings is 1. The molecule has 8 heteroatoms. The van der Waals surface area contributed by atoms with Crippen LogP contribution in [0.3, 0.4) is 0 Å². The number of hydrogen-bond acceptors (Lipinski definition) is 6. The Morgan fingerprint density at radius 3 is 2.68 bits per heavy atom. The maximum Gasteiger partial charge on any atom is 0.341 e. The Hall–Kier alpha value is -2.61. The zero-order valence-electron chi connectivity index (χ0n) is 11.5. The fourth-order valence-corrected chi connectivity index (χ4v) is 3.80. The number of nitrogens with zero attached hydrogens (tertiary/aromatic N) is 1. The molecule has 0 saturated carbocycles. The second-order valence-corrected chi connectivity index (χ2v) is 6.39. The van der Waals surface area contributed by atoms with Crippen LogP contribution in [0.15, 0.2) is 45.9 Å². The van der Waals surface area contributed by atoms with Crippen molar-refractivity contribution in [3.05, 3.63) is 53.5 Å². The number of ether oxygens (including phenoxy) is 1. The first-order valence-corrected chi connectivity index (χ1v) is 7.71. The summed E-state index contributed by atoms with van der Waals surface area (Å²) < 4.78 is 35.2. The Labute approximate surface area is 126 Å². The van der Waals surface area contributed by atoms with Crippen molar-refractivity contribution in [1.82, 2.24) is 4.31 Å². The Balaban J connectivity index is 2.00. The molecular formula is C14H11NO6S. The first kappa shape index (κ1) is 14.3. The molecule has 1 aliphatic rings. The van der Waals surface area contributed by atoms with Crippen molar-refractivity contribution in [2.75, 3.05) is 7.11 Å². The van der Waals surface area contributed by atoms with Crippen LogP contribution in [-0.4, -0.2) is 31.7 Å². The molecule has 0 unspecified atom stereocenters. The van der Waals surface area contributed by atoms with Crippen molar-refractivity contribution < 1.29 is 27.2 Å². The molecule has 0 spiro atoms. The highest BCUT2D eigenvalue weighted by Crippen LogP contribution is 2.31. The number of carbonyl (C=O) groups is 2. The molecule has 3 rings (SSSR count). The summed E-state index contributed by atoms with van der Waals surface area (Å²) in [5.41, 5.74) is 0.190. The number of esters is 1. The Morgan fingerprint density at radius 2 is 2.00 bits per heavy atom. The molecule has 7 nitrogen and oxygen atoms in total. The van der Waals surface area contributed by atoms with Gasteiger partial charge in [-0.2, -0.15) is 0 Å². The number of hydrogen-bond donors (Lipinski definition) is 0. The third-order valence-corrected chi connectivity index (χ3v) is 5.14. The van der Waals surface area contributed by atoms with Crippen molar-refractivity contribution in [3.63, 3.8) is 0 Å².